The maximum absolute atomic E-state index is 5.42. The molecule has 0 aromatic heterocycles. The molecule has 0 aromatic carbocycles. The molecular weight excluding hydrogens is 200 g/mol. The molecule has 3 nitrogen and oxygen atoms in total. The third-order valence-electron chi connectivity index (χ3n) is 3.25. The molecule has 0 aliphatic rings. The Labute approximate surface area is 102 Å². The number of hydrogen-bond acceptors (Lipinski definition) is 3. The van der Waals surface area contributed by atoms with Crippen molar-refractivity contribution in [1.29, 1.82) is 0 Å². The van der Waals surface area contributed by atoms with Gasteiger partial charge in [-0.15, -0.1) is 0 Å². The number of ether oxygens (including phenoxy) is 1. The summed E-state index contributed by atoms with van der Waals surface area (Å²) in [7, 11) is 0. The monoisotopic (exact) mass is 230 g/mol. The van der Waals surface area contributed by atoms with E-state index in [0.29, 0.717) is 12.0 Å². The Balaban J connectivity index is 3.92. The van der Waals surface area contributed by atoms with Crippen LogP contribution < -0.4 is 5.32 Å². The molecule has 0 heterocycles. The van der Waals surface area contributed by atoms with Crippen LogP contribution in [0.25, 0.3) is 0 Å². The smallest absolute Gasteiger partial charge is 0.0593 e. The van der Waals surface area contributed by atoms with Crippen LogP contribution in [-0.4, -0.2) is 50.3 Å². The average molecular weight is 230 g/mol. The van der Waals surface area contributed by atoms with Gasteiger partial charge in [-0.25, -0.2) is 0 Å². The Morgan fingerprint density at radius 3 is 2.38 bits per heavy atom. The zero-order valence-corrected chi connectivity index (χ0v) is 11.8. The van der Waals surface area contributed by atoms with Gasteiger partial charge in [0.25, 0.3) is 0 Å². The molecule has 2 unspecified atom stereocenters. The lowest BCUT2D eigenvalue weighted by Gasteiger charge is -2.32. The third kappa shape index (κ3) is 6.46. The zero-order chi connectivity index (χ0) is 12.4. The molecule has 0 saturated heterocycles. The van der Waals surface area contributed by atoms with E-state index in [0.717, 1.165) is 39.4 Å². The molecule has 0 spiro atoms. The maximum Gasteiger partial charge on any atom is 0.0593 e. The van der Waals surface area contributed by atoms with Gasteiger partial charge in [0.05, 0.1) is 6.61 Å². The second kappa shape index (κ2) is 10.1. The summed E-state index contributed by atoms with van der Waals surface area (Å²) >= 11 is 0. The lowest BCUT2D eigenvalue weighted by Crippen LogP contribution is -2.42. The summed E-state index contributed by atoms with van der Waals surface area (Å²) in [6.07, 6.45) is 0. The Morgan fingerprint density at radius 2 is 1.88 bits per heavy atom. The molecular formula is C13H30N2O. The van der Waals surface area contributed by atoms with Crippen LogP contribution in [-0.2, 0) is 4.74 Å². The summed E-state index contributed by atoms with van der Waals surface area (Å²) in [5.41, 5.74) is 0. The fraction of sp³-hybridized carbons (Fsp3) is 1.00. The van der Waals surface area contributed by atoms with Crippen LogP contribution in [0.5, 0.6) is 0 Å². The number of rotatable bonds is 10. The highest BCUT2D eigenvalue weighted by Crippen LogP contribution is 2.09. The van der Waals surface area contributed by atoms with Crippen LogP contribution in [0.1, 0.15) is 34.6 Å². The van der Waals surface area contributed by atoms with Gasteiger partial charge in [0.1, 0.15) is 0 Å². The zero-order valence-electron chi connectivity index (χ0n) is 11.8. The SMILES string of the molecule is CCNCC(C)C(C)N(CC)CCOCC. The minimum atomic E-state index is 0.615. The van der Waals surface area contributed by atoms with Gasteiger partial charge in [-0.2, -0.15) is 0 Å². The van der Waals surface area contributed by atoms with Crippen LogP contribution in [0.15, 0.2) is 0 Å². The first-order chi connectivity index (χ1) is 7.67. The van der Waals surface area contributed by atoms with E-state index in [9.17, 15) is 0 Å². The Kier molecular flexibility index (Phi) is 9.99. The van der Waals surface area contributed by atoms with Gasteiger partial charge in [0.15, 0.2) is 0 Å². The minimum Gasteiger partial charge on any atom is -0.380 e. The van der Waals surface area contributed by atoms with E-state index in [1.165, 1.54) is 0 Å². The van der Waals surface area contributed by atoms with Gasteiger partial charge in [0.2, 0.25) is 0 Å². The van der Waals surface area contributed by atoms with E-state index in [2.05, 4.69) is 37.9 Å². The average Bonchev–Trinajstić information content (AvgIpc) is 2.31. The number of hydrogen-bond donors (Lipinski definition) is 1. The van der Waals surface area contributed by atoms with E-state index < -0.39 is 0 Å². The van der Waals surface area contributed by atoms with Gasteiger partial charge >= 0.3 is 0 Å². The summed E-state index contributed by atoms with van der Waals surface area (Å²) in [4.78, 5) is 2.50. The van der Waals surface area contributed by atoms with E-state index in [-0.39, 0.29) is 0 Å². The summed E-state index contributed by atoms with van der Waals surface area (Å²) < 4.78 is 5.42. The van der Waals surface area contributed by atoms with Crippen LogP contribution in [0.4, 0.5) is 0 Å². The summed E-state index contributed by atoms with van der Waals surface area (Å²) in [5.74, 6) is 0.682. The molecule has 2 atom stereocenters. The molecule has 0 aliphatic heterocycles. The van der Waals surface area contributed by atoms with Crippen molar-refractivity contribution in [2.45, 2.75) is 40.7 Å². The molecule has 0 saturated carbocycles. The highest BCUT2D eigenvalue weighted by Gasteiger charge is 2.17. The van der Waals surface area contributed by atoms with Gasteiger partial charge < -0.3 is 10.1 Å². The fourth-order valence-electron chi connectivity index (χ4n) is 1.88. The molecule has 1 N–H and O–H groups in total. The van der Waals surface area contributed by atoms with Crippen LogP contribution in [0.2, 0.25) is 0 Å². The van der Waals surface area contributed by atoms with Gasteiger partial charge in [-0.05, 0) is 39.4 Å². The molecule has 0 bridgehead atoms. The van der Waals surface area contributed by atoms with Crippen molar-refractivity contribution in [3.05, 3.63) is 0 Å². The van der Waals surface area contributed by atoms with Gasteiger partial charge in [-0.3, -0.25) is 4.90 Å². The first kappa shape index (κ1) is 15.9. The highest BCUT2D eigenvalue weighted by molar-refractivity contribution is 4.73. The number of nitrogens with one attached hydrogen (secondary N) is 1. The standard InChI is InChI=1S/C13H30N2O/c1-6-14-11-12(4)13(5)15(7-2)9-10-16-8-3/h12-14H,6-11H2,1-5H3. The maximum atomic E-state index is 5.42. The van der Waals surface area contributed by atoms with Crippen molar-refractivity contribution in [2.24, 2.45) is 5.92 Å². The minimum absolute atomic E-state index is 0.615. The molecule has 0 radical (unpaired) electrons. The lowest BCUT2D eigenvalue weighted by atomic mass is 10.0. The molecule has 0 rings (SSSR count). The topological polar surface area (TPSA) is 24.5 Å². The Bertz CT molecular complexity index is 153. The second-order valence-electron chi connectivity index (χ2n) is 4.35. The predicted octanol–water partition coefficient (Wildman–Crippen LogP) is 1.98. The molecule has 0 fully saturated rings. The molecule has 3 heteroatoms. The van der Waals surface area contributed by atoms with Crippen molar-refractivity contribution in [1.82, 2.24) is 10.2 Å². The Morgan fingerprint density at radius 1 is 1.19 bits per heavy atom. The van der Waals surface area contributed by atoms with Gasteiger partial charge in [0, 0.05) is 19.2 Å². The van der Waals surface area contributed by atoms with Crippen LogP contribution in [0.3, 0.4) is 0 Å². The largest absolute Gasteiger partial charge is 0.380 e. The van der Waals surface area contributed by atoms with Crippen molar-refractivity contribution < 1.29 is 4.74 Å². The van der Waals surface area contributed by atoms with E-state index in [1.54, 1.807) is 0 Å². The normalized spacial score (nSPS) is 15.4. The van der Waals surface area contributed by atoms with Crippen molar-refractivity contribution in [2.75, 3.05) is 39.4 Å². The lowest BCUT2D eigenvalue weighted by molar-refractivity contribution is 0.0867. The van der Waals surface area contributed by atoms with E-state index in [1.807, 2.05) is 6.92 Å². The predicted molar refractivity (Wildman–Crippen MR) is 70.9 cm³/mol. The molecule has 98 valence electrons. The quantitative estimate of drug-likeness (QED) is 0.581. The van der Waals surface area contributed by atoms with E-state index >= 15 is 0 Å². The third-order valence-corrected chi connectivity index (χ3v) is 3.25. The van der Waals surface area contributed by atoms with Crippen molar-refractivity contribution in [3.63, 3.8) is 0 Å². The van der Waals surface area contributed by atoms with Crippen LogP contribution >= 0.6 is 0 Å². The summed E-state index contributed by atoms with van der Waals surface area (Å²) in [5, 5.41) is 3.42. The highest BCUT2D eigenvalue weighted by atomic mass is 16.5. The summed E-state index contributed by atoms with van der Waals surface area (Å²) in [6, 6.07) is 0.615. The first-order valence-electron chi connectivity index (χ1n) is 6.69. The summed E-state index contributed by atoms with van der Waals surface area (Å²) in [6.45, 7) is 17.0. The van der Waals surface area contributed by atoms with Crippen LogP contribution in [0, 0.1) is 5.92 Å². The first-order valence-corrected chi connectivity index (χ1v) is 6.69. The van der Waals surface area contributed by atoms with Crippen molar-refractivity contribution in [3.8, 4) is 0 Å². The number of likely N-dealkylation sites (N-methyl/N-ethyl adjacent to an activating group) is 1. The molecule has 0 aromatic rings. The van der Waals surface area contributed by atoms with E-state index in [4.69, 9.17) is 4.74 Å². The molecule has 0 amide bonds. The Hall–Kier alpha value is -0.120. The van der Waals surface area contributed by atoms with Gasteiger partial charge in [-0.1, -0.05) is 20.8 Å². The molecule has 16 heavy (non-hydrogen) atoms. The fourth-order valence-corrected chi connectivity index (χ4v) is 1.88. The number of nitrogens with zero attached hydrogens (tertiary/aromatic N) is 1. The molecule has 0 aliphatic carbocycles. The van der Waals surface area contributed by atoms with Crippen molar-refractivity contribution >= 4 is 0 Å². The second-order valence-corrected chi connectivity index (χ2v) is 4.35.